The average Bonchev–Trinajstić information content (AvgIpc) is 2.68. The van der Waals surface area contributed by atoms with Gasteiger partial charge in [-0.1, -0.05) is 36.4 Å². The number of amides is 2. The molecule has 0 spiro atoms. The number of carbonyl (C=O) groups excluding carboxylic acids is 3. The van der Waals surface area contributed by atoms with E-state index in [1.54, 1.807) is 30.3 Å². The number of benzene rings is 2. The molecule has 2 aromatic carbocycles. The zero-order valence-corrected chi connectivity index (χ0v) is 15.7. The van der Waals surface area contributed by atoms with E-state index in [1.807, 2.05) is 0 Å². The van der Waals surface area contributed by atoms with Crippen LogP contribution in [0.15, 0.2) is 60.3 Å². The van der Waals surface area contributed by atoms with E-state index in [2.05, 4.69) is 10.6 Å². The Morgan fingerprint density at radius 1 is 1.10 bits per heavy atom. The van der Waals surface area contributed by atoms with E-state index < -0.39 is 28.8 Å². The molecule has 2 aromatic rings. The molecule has 1 atom stereocenters. The Morgan fingerprint density at radius 3 is 2.41 bits per heavy atom. The second kappa shape index (κ2) is 9.79. The summed E-state index contributed by atoms with van der Waals surface area (Å²) in [6, 6.07) is 14.1. The van der Waals surface area contributed by atoms with Gasteiger partial charge >= 0.3 is 5.97 Å². The number of nitrogens with zero attached hydrogens (tertiary/aromatic N) is 1. The quantitative estimate of drug-likeness (QED) is 0.320. The minimum absolute atomic E-state index is 0.126. The first-order chi connectivity index (χ1) is 13.8. The fraction of sp³-hybridized carbons (Fsp3) is 0.150. The van der Waals surface area contributed by atoms with Crippen molar-refractivity contribution in [2.75, 3.05) is 5.32 Å². The lowest BCUT2D eigenvalue weighted by Crippen LogP contribution is -2.33. The third kappa shape index (κ3) is 6.58. The Hall–Kier alpha value is -4.01. The molecular formula is C20H19N3O6. The van der Waals surface area contributed by atoms with E-state index in [4.69, 9.17) is 4.74 Å². The van der Waals surface area contributed by atoms with Crippen LogP contribution in [0.3, 0.4) is 0 Å². The van der Waals surface area contributed by atoms with Crippen molar-refractivity contribution in [1.82, 2.24) is 5.32 Å². The predicted octanol–water partition coefficient (Wildman–Crippen LogP) is 2.64. The number of ether oxygens (including phenoxy) is 1. The summed E-state index contributed by atoms with van der Waals surface area (Å²) < 4.78 is 5.13. The van der Waals surface area contributed by atoms with Gasteiger partial charge in [0.05, 0.1) is 4.92 Å². The summed E-state index contributed by atoms with van der Waals surface area (Å²) in [7, 11) is 0. The van der Waals surface area contributed by atoms with Crippen LogP contribution in [-0.4, -0.2) is 28.8 Å². The topological polar surface area (TPSA) is 128 Å². The smallest absolute Gasteiger partial charge is 0.355 e. The largest absolute Gasteiger partial charge is 0.448 e. The Labute approximate surface area is 166 Å². The van der Waals surface area contributed by atoms with Gasteiger partial charge in [-0.25, -0.2) is 4.79 Å². The Bertz CT molecular complexity index is 956. The molecule has 0 aliphatic heterocycles. The van der Waals surface area contributed by atoms with E-state index in [9.17, 15) is 24.5 Å². The third-order valence-corrected chi connectivity index (χ3v) is 3.62. The van der Waals surface area contributed by atoms with Crippen LogP contribution in [0.2, 0.25) is 0 Å². The van der Waals surface area contributed by atoms with E-state index in [0.29, 0.717) is 5.56 Å². The molecule has 0 aliphatic rings. The van der Waals surface area contributed by atoms with Crippen LogP contribution >= 0.6 is 0 Å². The molecule has 2 N–H and O–H groups in total. The van der Waals surface area contributed by atoms with Gasteiger partial charge in [0.2, 0.25) is 5.91 Å². The summed E-state index contributed by atoms with van der Waals surface area (Å²) in [6.45, 7) is 2.59. The molecule has 0 aliphatic carbocycles. The molecule has 0 saturated heterocycles. The summed E-state index contributed by atoms with van der Waals surface area (Å²) >= 11 is 0. The molecule has 9 heteroatoms. The fourth-order valence-electron chi connectivity index (χ4n) is 2.27. The van der Waals surface area contributed by atoms with Crippen molar-refractivity contribution in [1.29, 1.82) is 0 Å². The van der Waals surface area contributed by atoms with Gasteiger partial charge in [-0.3, -0.25) is 19.7 Å². The molecule has 2 rings (SSSR count). The number of rotatable bonds is 7. The van der Waals surface area contributed by atoms with Crippen LogP contribution < -0.4 is 10.6 Å². The van der Waals surface area contributed by atoms with Gasteiger partial charge in [-0.05, 0) is 24.6 Å². The maximum absolute atomic E-state index is 12.4. The standard InChI is InChI=1S/C20H19N3O6/c1-13(19(25)22-16-9-6-10-17(12-16)23(27)28)29-20(26)18(21-14(2)24)11-15-7-4-3-5-8-15/h3-13H,1-2H3,(H,21,24)(H,22,25)/b18-11+/t13-/m1/s1. The number of nitro groups is 1. The van der Waals surface area contributed by atoms with Crippen LogP contribution in [-0.2, 0) is 19.1 Å². The first kappa shape index (κ1) is 21.3. The Balaban J connectivity index is 2.09. The molecule has 0 unspecified atom stereocenters. The monoisotopic (exact) mass is 397 g/mol. The van der Waals surface area contributed by atoms with E-state index in [1.165, 1.54) is 44.2 Å². The van der Waals surface area contributed by atoms with Gasteiger partial charge in [0.15, 0.2) is 6.10 Å². The van der Waals surface area contributed by atoms with Crippen molar-refractivity contribution in [3.05, 3.63) is 76.0 Å². The lowest BCUT2D eigenvalue weighted by molar-refractivity contribution is -0.384. The molecule has 150 valence electrons. The Kier molecular flexibility index (Phi) is 7.19. The molecule has 0 saturated carbocycles. The van der Waals surface area contributed by atoms with Gasteiger partial charge in [0.25, 0.3) is 11.6 Å². The molecule has 0 fully saturated rings. The van der Waals surface area contributed by atoms with Gasteiger partial charge in [-0.2, -0.15) is 0 Å². The highest BCUT2D eigenvalue weighted by molar-refractivity contribution is 6.00. The number of nitrogens with one attached hydrogen (secondary N) is 2. The van der Waals surface area contributed by atoms with Crippen LogP contribution in [0, 0.1) is 10.1 Å². The lowest BCUT2D eigenvalue weighted by Gasteiger charge is -2.15. The van der Waals surface area contributed by atoms with Gasteiger partial charge in [0, 0.05) is 24.7 Å². The molecule has 29 heavy (non-hydrogen) atoms. The van der Waals surface area contributed by atoms with Crippen molar-refractivity contribution in [2.45, 2.75) is 20.0 Å². The number of hydrogen-bond acceptors (Lipinski definition) is 6. The molecule has 2 amide bonds. The van der Waals surface area contributed by atoms with Crippen molar-refractivity contribution in [3.8, 4) is 0 Å². The summed E-state index contributed by atoms with van der Waals surface area (Å²) in [4.78, 5) is 46.3. The highest BCUT2D eigenvalue weighted by Gasteiger charge is 2.22. The van der Waals surface area contributed by atoms with Crippen molar-refractivity contribution in [2.24, 2.45) is 0 Å². The zero-order valence-electron chi connectivity index (χ0n) is 15.7. The number of non-ortho nitro benzene ring substituents is 1. The minimum Gasteiger partial charge on any atom is -0.448 e. The molecule has 9 nitrogen and oxygen atoms in total. The predicted molar refractivity (Wildman–Crippen MR) is 106 cm³/mol. The first-order valence-electron chi connectivity index (χ1n) is 8.57. The first-order valence-corrected chi connectivity index (χ1v) is 8.57. The fourth-order valence-corrected chi connectivity index (χ4v) is 2.27. The zero-order chi connectivity index (χ0) is 21.4. The van der Waals surface area contributed by atoms with E-state index in [-0.39, 0.29) is 17.1 Å². The number of nitro benzene ring substituents is 1. The maximum Gasteiger partial charge on any atom is 0.355 e. The van der Waals surface area contributed by atoms with Crippen LogP contribution in [0.1, 0.15) is 19.4 Å². The highest BCUT2D eigenvalue weighted by atomic mass is 16.6. The molecule has 0 heterocycles. The lowest BCUT2D eigenvalue weighted by atomic mass is 10.2. The number of esters is 1. The minimum atomic E-state index is -1.21. The van der Waals surface area contributed by atoms with Crippen molar-refractivity contribution in [3.63, 3.8) is 0 Å². The number of carbonyl (C=O) groups is 3. The average molecular weight is 397 g/mol. The third-order valence-electron chi connectivity index (χ3n) is 3.62. The van der Waals surface area contributed by atoms with Gasteiger partial charge in [0.1, 0.15) is 5.70 Å². The van der Waals surface area contributed by atoms with Gasteiger partial charge in [-0.15, -0.1) is 0 Å². The van der Waals surface area contributed by atoms with Crippen LogP contribution in [0.5, 0.6) is 0 Å². The Morgan fingerprint density at radius 2 is 1.79 bits per heavy atom. The second-order valence-electron chi connectivity index (χ2n) is 5.99. The number of anilines is 1. The van der Waals surface area contributed by atoms with E-state index >= 15 is 0 Å². The van der Waals surface area contributed by atoms with Gasteiger partial charge < -0.3 is 15.4 Å². The summed E-state index contributed by atoms with van der Waals surface area (Å²) in [5.41, 5.74) is 0.529. The summed E-state index contributed by atoms with van der Waals surface area (Å²) in [6.07, 6.45) is 0.212. The summed E-state index contributed by atoms with van der Waals surface area (Å²) in [5, 5.41) is 15.6. The summed E-state index contributed by atoms with van der Waals surface area (Å²) in [5.74, 6) is -2.05. The second-order valence-corrected chi connectivity index (χ2v) is 5.99. The molecular weight excluding hydrogens is 378 g/mol. The maximum atomic E-state index is 12.4. The van der Waals surface area contributed by atoms with Crippen molar-refractivity contribution < 1.29 is 24.0 Å². The SMILES string of the molecule is CC(=O)N/C(=C/c1ccccc1)C(=O)O[C@H](C)C(=O)Nc1cccc([N+](=O)[O-])c1. The molecule has 0 radical (unpaired) electrons. The normalized spacial score (nSPS) is 11.9. The van der Waals surface area contributed by atoms with E-state index in [0.717, 1.165) is 0 Å². The molecule has 0 bridgehead atoms. The van der Waals surface area contributed by atoms with Crippen molar-refractivity contribution >= 4 is 35.2 Å². The molecule has 0 aromatic heterocycles. The van der Waals surface area contributed by atoms with Crippen LogP contribution in [0.4, 0.5) is 11.4 Å². The highest BCUT2D eigenvalue weighted by Crippen LogP contribution is 2.17. The number of hydrogen-bond donors (Lipinski definition) is 2. The van der Waals surface area contributed by atoms with Crippen LogP contribution in [0.25, 0.3) is 6.08 Å².